The van der Waals surface area contributed by atoms with E-state index in [9.17, 15) is 18.0 Å². The lowest BCUT2D eigenvalue weighted by Gasteiger charge is -2.12. The van der Waals surface area contributed by atoms with E-state index in [1.165, 1.54) is 12.1 Å². The Morgan fingerprint density at radius 3 is 2.35 bits per heavy atom. The molecule has 0 aliphatic heterocycles. The molecular weight excluding hydrogens is 311 g/mol. The number of nitrogens with zero attached hydrogens (tertiary/aromatic N) is 2. The Hall–Kier alpha value is -3.03. The van der Waals surface area contributed by atoms with E-state index in [-0.39, 0.29) is 11.7 Å². The minimum atomic E-state index is -4.78. The first-order valence-corrected chi connectivity index (χ1v) is 6.48. The average molecular weight is 321 g/mol. The quantitative estimate of drug-likeness (QED) is 0.788. The van der Waals surface area contributed by atoms with Gasteiger partial charge in [0, 0.05) is 0 Å². The van der Waals surface area contributed by atoms with Gasteiger partial charge < -0.3 is 10.5 Å². The smallest absolute Gasteiger partial charge is 0.406 e. The maximum Gasteiger partial charge on any atom is 0.573 e. The van der Waals surface area contributed by atoms with Gasteiger partial charge in [0.1, 0.15) is 5.75 Å². The van der Waals surface area contributed by atoms with Gasteiger partial charge in [0.2, 0.25) is 5.95 Å². The second kappa shape index (κ2) is 5.31. The molecule has 2 aromatic carbocycles. The standard InChI is InChI=1S/C15H10F3N3O2/c16-15(17,18)23-10-7-5-9(6-8-10)21-13(22)11-3-1-2-4-12(11)20-14(21)19/h1-8H,(H2,19,20). The Bertz CT molecular complexity index is 918. The van der Waals surface area contributed by atoms with E-state index >= 15 is 0 Å². The zero-order chi connectivity index (χ0) is 16.6. The summed E-state index contributed by atoms with van der Waals surface area (Å²) >= 11 is 0. The fourth-order valence-corrected chi connectivity index (χ4v) is 2.20. The molecule has 23 heavy (non-hydrogen) atoms. The Morgan fingerprint density at radius 2 is 1.70 bits per heavy atom. The summed E-state index contributed by atoms with van der Waals surface area (Å²) in [4.78, 5) is 16.6. The highest BCUT2D eigenvalue weighted by atomic mass is 19.4. The largest absolute Gasteiger partial charge is 0.573 e. The molecule has 0 bridgehead atoms. The number of benzene rings is 2. The first-order valence-electron chi connectivity index (χ1n) is 6.48. The van der Waals surface area contributed by atoms with Crippen LogP contribution in [0.15, 0.2) is 53.3 Å². The number of alkyl halides is 3. The summed E-state index contributed by atoms with van der Waals surface area (Å²) in [7, 11) is 0. The van der Waals surface area contributed by atoms with Gasteiger partial charge in [0.15, 0.2) is 0 Å². The second-order valence-electron chi connectivity index (χ2n) is 4.67. The third-order valence-corrected chi connectivity index (χ3v) is 3.13. The van der Waals surface area contributed by atoms with E-state index in [0.717, 1.165) is 16.7 Å². The van der Waals surface area contributed by atoms with Crippen LogP contribution in [-0.4, -0.2) is 15.9 Å². The molecule has 0 spiro atoms. The van der Waals surface area contributed by atoms with Crippen LogP contribution < -0.4 is 16.0 Å². The van der Waals surface area contributed by atoms with Crippen molar-refractivity contribution in [2.24, 2.45) is 0 Å². The first-order chi connectivity index (χ1) is 10.8. The molecule has 1 aromatic heterocycles. The summed E-state index contributed by atoms with van der Waals surface area (Å²) in [5.41, 5.74) is 6.13. The van der Waals surface area contributed by atoms with Crippen LogP contribution >= 0.6 is 0 Å². The number of rotatable bonds is 2. The summed E-state index contributed by atoms with van der Waals surface area (Å²) in [6, 6.07) is 11.5. The van der Waals surface area contributed by atoms with Gasteiger partial charge in [-0.15, -0.1) is 13.2 Å². The Balaban J connectivity index is 2.08. The van der Waals surface area contributed by atoms with Gasteiger partial charge in [-0.2, -0.15) is 0 Å². The van der Waals surface area contributed by atoms with E-state index < -0.39 is 11.9 Å². The van der Waals surface area contributed by atoms with Gasteiger partial charge in [-0.05, 0) is 36.4 Å². The third kappa shape index (κ3) is 2.96. The molecule has 3 aromatic rings. The van der Waals surface area contributed by atoms with Crippen LogP contribution in [0.1, 0.15) is 0 Å². The molecule has 8 heteroatoms. The maximum atomic E-state index is 12.5. The fraction of sp³-hybridized carbons (Fsp3) is 0.0667. The summed E-state index contributed by atoms with van der Waals surface area (Å²) < 4.78 is 41.4. The summed E-state index contributed by atoms with van der Waals surface area (Å²) in [6.45, 7) is 0. The normalized spacial score (nSPS) is 11.6. The van der Waals surface area contributed by atoms with Gasteiger partial charge >= 0.3 is 6.36 Å². The molecule has 0 aliphatic carbocycles. The maximum absolute atomic E-state index is 12.5. The van der Waals surface area contributed by atoms with Crippen molar-refractivity contribution in [2.45, 2.75) is 6.36 Å². The Labute approximate surface area is 127 Å². The van der Waals surface area contributed by atoms with Crippen LogP contribution in [0.4, 0.5) is 19.1 Å². The number of hydrogen-bond acceptors (Lipinski definition) is 4. The minimum Gasteiger partial charge on any atom is -0.406 e. The number of aromatic nitrogens is 2. The molecule has 2 N–H and O–H groups in total. The predicted molar refractivity (Wildman–Crippen MR) is 78.4 cm³/mol. The van der Waals surface area contributed by atoms with Crippen molar-refractivity contribution in [3.63, 3.8) is 0 Å². The van der Waals surface area contributed by atoms with Gasteiger partial charge in [-0.1, -0.05) is 12.1 Å². The van der Waals surface area contributed by atoms with Crippen LogP contribution in [0.3, 0.4) is 0 Å². The van der Waals surface area contributed by atoms with Crippen molar-refractivity contribution >= 4 is 16.9 Å². The van der Waals surface area contributed by atoms with Crippen molar-refractivity contribution in [2.75, 3.05) is 5.73 Å². The fourth-order valence-electron chi connectivity index (χ4n) is 2.20. The molecule has 0 saturated heterocycles. The number of hydrogen-bond donors (Lipinski definition) is 1. The number of nitrogen functional groups attached to an aromatic ring is 1. The zero-order valence-electron chi connectivity index (χ0n) is 11.5. The summed E-state index contributed by atoms with van der Waals surface area (Å²) in [6.07, 6.45) is -4.78. The van der Waals surface area contributed by atoms with E-state index in [1.807, 2.05) is 0 Å². The van der Waals surface area contributed by atoms with E-state index in [0.29, 0.717) is 16.6 Å². The van der Waals surface area contributed by atoms with Crippen molar-refractivity contribution < 1.29 is 17.9 Å². The van der Waals surface area contributed by atoms with Gasteiger partial charge in [-0.25, -0.2) is 9.55 Å². The van der Waals surface area contributed by atoms with Gasteiger partial charge in [0.05, 0.1) is 16.6 Å². The number of fused-ring (bicyclic) bond motifs is 1. The van der Waals surface area contributed by atoms with E-state index in [4.69, 9.17) is 5.73 Å². The highest BCUT2D eigenvalue weighted by Gasteiger charge is 2.31. The van der Waals surface area contributed by atoms with Crippen LogP contribution in [0.2, 0.25) is 0 Å². The van der Waals surface area contributed by atoms with Crippen molar-refractivity contribution in [1.82, 2.24) is 9.55 Å². The van der Waals surface area contributed by atoms with Crippen molar-refractivity contribution in [1.29, 1.82) is 0 Å². The lowest BCUT2D eigenvalue weighted by molar-refractivity contribution is -0.274. The minimum absolute atomic E-state index is 0.0572. The summed E-state index contributed by atoms with van der Waals surface area (Å²) in [5, 5.41) is 0.359. The highest BCUT2D eigenvalue weighted by molar-refractivity contribution is 5.79. The molecule has 1 heterocycles. The van der Waals surface area contributed by atoms with Gasteiger partial charge in [-0.3, -0.25) is 4.79 Å². The molecule has 0 radical (unpaired) electrons. The highest BCUT2D eigenvalue weighted by Crippen LogP contribution is 2.24. The lowest BCUT2D eigenvalue weighted by Crippen LogP contribution is -2.23. The molecule has 0 amide bonds. The topological polar surface area (TPSA) is 70.1 Å². The van der Waals surface area contributed by atoms with E-state index in [1.54, 1.807) is 24.3 Å². The molecule has 0 unspecified atom stereocenters. The van der Waals surface area contributed by atoms with Crippen LogP contribution in [0.5, 0.6) is 5.75 Å². The predicted octanol–water partition coefficient (Wildman–Crippen LogP) is 2.87. The zero-order valence-corrected chi connectivity index (χ0v) is 11.5. The number of anilines is 1. The molecule has 0 aliphatic rings. The van der Waals surface area contributed by atoms with Crippen molar-refractivity contribution in [3.8, 4) is 11.4 Å². The molecule has 0 atom stereocenters. The Morgan fingerprint density at radius 1 is 1.04 bits per heavy atom. The number of para-hydroxylation sites is 1. The number of ether oxygens (including phenoxy) is 1. The van der Waals surface area contributed by atoms with Crippen LogP contribution in [0, 0.1) is 0 Å². The van der Waals surface area contributed by atoms with Gasteiger partial charge in [0.25, 0.3) is 5.56 Å². The molecule has 0 saturated carbocycles. The molecule has 118 valence electrons. The molecular formula is C15H10F3N3O2. The molecule has 3 rings (SSSR count). The van der Waals surface area contributed by atoms with Crippen molar-refractivity contribution in [3.05, 3.63) is 58.9 Å². The molecule has 5 nitrogen and oxygen atoms in total. The van der Waals surface area contributed by atoms with Crippen LogP contribution in [-0.2, 0) is 0 Å². The average Bonchev–Trinajstić information content (AvgIpc) is 2.47. The number of halogens is 3. The third-order valence-electron chi connectivity index (χ3n) is 3.13. The van der Waals surface area contributed by atoms with Crippen LogP contribution in [0.25, 0.3) is 16.6 Å². The Kier molecular flexibility index (Phi) is 3.44. The summed E-state index contributed by atoms with van der Waals surface area (Å²) in [5.74, 6) is -0.445. The second-order valence-corrected chi connectivity index (χ2v) is 4.67. The first kappa shape index (κ1) is 14.9. The lowest BCUT2D eigenvalue weighted by atomic mass is 10.2. The molecule has 0 fully saturated rings. The SMILES string of the molecule is Nc1nc2ccccc2c(=O)n1-c1ccc(OC(F)(F)F)cc1. The monoisotopic (exact) mass is 321 g/mol. The number of nitrogens with two attached hydrogens (primary N) is 1. The van der Waals surface area contributed by atoms with E-state index in [2.05, 4.69) is 9.72 Å².